The number of nitrogens with one attached hydrogen (secondary N) is 1. The molecular formula is C37H42F3N7O7. The number of halogens is 3. The van der Waals surface area contributed by atoms with E-state index in [0.29, 0.717) is 43.1 Å². The lowest BCUT2D eigenvalue weighted by molar-refractivity contribution is 0.0683. The van der Waals surface area contributed by atoms with E-state index < -0.39 is 56.9 Å². The standard InChI is InChI=1S/C19H22F2N4O3.C18H20FN3O4/c1-8-5-24(6-9(2)23-8)17-13(20)15(22)12-16(14(17)21)25(10-3-4-10)7-11(18(12)26)19(27)28;1-10-9-26-17-14-11(16(23)12(18(24)25)8-22(10)14)7-13(19)15(17)21-5-3-20(2)4-6-21/h7-10,23H,3-6,22H2,1-2H3,(H,27,28);7-8,10H,3-6,9H2,1-2H3,(H,24,25)/t8-,9+;. The lowest BCUT2D eigenvalue weighted by Crippen LogP contribution is -2.54. The van der Waals surface area contributed by atoms with Crippen molar-refractivity contribution in [3.63, 3.8) is 0 Å². The number of carbonyl (C=O) groups is 2. The highest BCUT2D eigenvalue weighted by Gasteiger charge is 2.35. The van der Waals surface area contributed by atoms with Crippen LogP contribution in [0.3, 0.4) is 0 Å². The maximum atomic E-state index is 15.6. The third-order valence-corrected chi connectivity index (χ3v) is 10.6. The predicted octanol–water partition coefficient (Wildman–Crippen LogP) is 3.63. The molecule has 14 nitrogen and oxygen atoms in total. The number of hydrogen-bond acceptors (Lipinski definition) is 10. The number of hydrogen-bond donors (Lipinski definition) is 4. The number of anilines is 3. The van der Waals surface area contributed by atoms with Crippen LogP contribution < -0.4 is 36.4 Å². The molecule has 3 fully saturated rings. The van der Waals surface area contributed by atoms with Crippen LogP contribution in [0.25, 0.3) is 21.8 Å². The Morgan fingerprint density at radius 3 is 2.02 bits per heavy atom. The van der Waals surface area contributed by atoms with Gasteiger partial charge in [0.15, 0.2) is 23.2 Å². The van der Waals surface area contributed by atoms with Crippen LogP contribution in [0.15, 0.2) is 28.0 Å². The molecule has 0 bridgehead atoms. The number of aromatic carboxylic acids is 2. The van der Waals surface area contributed by atoms with Gasteiger partial charge in [-0.1, -0.05) is 0 Å². The lowest BCUT2D eigenvalue weighted by Gasteiger charge is -2.38. The molecule has 17 heteroatoms. The highest BCUT2D eigenvalue weighted by atomic mass is 19.1. The number of likely N-dealkylation sites (N-methyl/N-ethyl adjacent to an activating group) is 1. The fourth-order valence-corrected chi connectivity index (χ4v) is 7.82. The minimum Gasteiger partial charge on any atom is -0.487 e. The molecule has 2 aromatic heterocycles. The van der Waals surface area contributed by atoms with E-state index in [4.69, 9.17) is 10.5 Å². The summed E-state index contributed by atoms with van der Waals surface area (Å²) in [5.74, 6) is -4.88. The quantitative estimate of drug-likeness (QED) is 0.218. The Morgan fingerprint density at radius 2 is 1.43 bits per heavy atom. The van der Waals surface area contributed by atoms with E-state index in [9.17, 15) is 33.8 Å². The van der Waals surface area contributed by atoms with Crippen LogP contribution in [0, 0.1) is 17.5 Å². The van der Waals surface area contributed by atoms with Gasteiger partial charge in [-0.15, -0.1) is 0 Å². The van der Waals surface area contributed by atoms with Crippen molar-refractivity contribution in [2.75, 3.05) is 68.5 Å². The van der Waals surface area contributed by atoms with Gasteiger partial charge in [0, 0.05) is 69.8 Å². The Bertz CT molecular complexity index is 2330. The van der Waals surface area contributed by atoms with Gasteiger partial charge in [0.25, 0.3) is 0 Å². The summed E-state index contributed by atoms with van der Waals surface area (Å²) in [6.45, 7) is 9.67. The number of nitrogens with two attached hydrogens (primary N) is 1. The van der Waals surface area contributed by atoms with E-state index in [2.05, 4.69) is 10.2 Å². The number of benzene rings is 2. The molecule has 0 spiro atoms. The topological polar surface area (TPSA) is 176 Å². The number of fused-ring (bicyclic) bond motifs is 1. The summed E-state index contributed by atoms with van der Waals surface area (Å²) >= 11 is 0. The molecule has 5 N–H and O–H groups in total. The van der Waals surface area contributed by atoms with Gasteiger partial charge >= 0.3 is 11.9 Å². The Morgan fingerprint density at radius 1 is 0.833 bits per heavy atom. The van der Waals surface area contributed by atoms with Crippen LogP contribution in [0.2, 0.25) is 0 Å². The average Bonchev–Trinajstić information content (AvgIpc) is 3.95. The van der Waals surface area contributed by atoms with Gasteiger partial charge in [0.1, 0.15) is 29.1 Å². The zero-order valence-corrected chi connectivity index (χ0v) is 30.3. The largest absolute Gasteiger partial charge is 0.487 e. The summed E-state index contributed by atoms with van der Waals surface area (Å²) < 4.78 is 54.8. The van der Waals surface area contributed by atoms with Crippen LogP contribution in [0.5, 0.6) is 5.75 Å². The Balaban J connectivity index is 0.000000167. The molecule has 0 radical (unpaired) electrons. The van der Waals surface area contributed by atoms with Crippen LogP contribution in [0.4, 0.5) is 30.2 Å². The van der Waals surface area contributed by atoms with Crippen molar-refractivity contribution in [2.45, 2.75) is 57.8 Å². The monoisotopic (exact) mass is 753 g/mol. The second-order valence-electron chi connectivity index (χ2n) is 14.8. The summed E-state index contributed by atoms with van der Waals surface area (Å²) in [6, 6.07) is 0.891. The molecule has 2 saturated heterocycles. The van der Waals surface area contributed by atoms with Crippen molar-refractivity contribution >= 4 is 50.8 Å². The van der Waals surface area contributed by atoms with Crippen molar-refractivity contribution in [3.05, 3.63) is 67.5 Å². The number of ether oxygens (including phenoxy) is 1. The first-order valence-electron chi connectivity index (χ1n) is 17.9. The van der Waals surface area contributed by atoms with Crippen molar-refractivity contribution in [1.82, 2.24) is 19.4 Å². The Kier molecular flexibility index (Phi) is 9.50. The maximum absolute atomic E-state index is 15.6. The number of aromatic nitrogens is 2. The number of carboxylic acid groups (broad SMARTS) is 2. The molecule has 5 heterocycles. The summed E-state index contributed by atoms with van der Waals surface area (Å²) in [5, 5.41) is 21.6. The van der Waals surface area contributed by atoms with Gasteiger partial charge in [-0.25, -0.2) is 22.8 Å². The van der Waals surface area contributed by atoms with Gasteiger partial charge in [-0.3, -0.25) is 9.59 Å². The maximum Gasteiger partial charge on any atom is 0.341 e. The molecule has 2 aromatic carbocycles. The summed E-state index contributed by atoms with van der Waals surface area (Å²) in [7, 11) is 2.02. The van der Waals surface area contributed by atoms with Crippen LogP contribution in [-0.4, -0.2) is 101 Å². The average molecular weight is 754 g/mol. The normalized spacial score (nSPS) is 21.5. The molecular weight excluding hydrogens is 711 g/mol. The molecule has 54 heavy (non-hydrogen) atoms. The molecule has 8 rings (SSSR count). The van der Waals surface area contributed by atoms with Crippen LogP contribution >= 0.6 is 0 Å². The molecule has 4 aliphatic rings. The van der Waals surface area contributed by atoms with Crippen LogP contribution in [0.1, 0.15) is 66.4 Å². The number of nitrogens with zero attached hydrogens (tertiary/aromatic N) is 5. The molecule has 1 aliphatic carbocycles. The van der Waals surface area contributed by atoms with Crippen LogP contribution in [-0.2, 0) is 0 Å². The van der Waals surface area contributed by atoms with E-state index >= 15 is 8.78 Å². The molecule has 288 valence electrons. The summed E-state index contributed by atoms with van der Waals surface area (Å²) in [4.78, 5) is 53.8. The number of nitrogen functional groups attached to an aromatic ring is 1. The number of pyridine rings is 2. The number of carboxylic acids is 2. The SMILES string of the molecule is CC1COc2c(N3CCN(C)CC3)c(F)cc3c(=O)c(C(=O)O)cn1c23.C[C@@H]1CN(c2c(F)c(N)c3c(=O)c(C(=O)O)cn(C4CC4)c3c2F)C[C@H](C)N1. The third-order valence-electron chi connectivity index (χ3n) is 10.6. The molecule has 3 aliphatic heterocycles. The summed E-state index contributed by atoms with van der Waals surface area (Å²) in [6.07, 6.45) is 3.95. The van der Waals surface area contributed by atoms with Gasteiger partial charge in [-0.2, -0.15) is 0 Å². The zero-order chi connectivity index (χ0) is 38.9. The minimum absolute atomic E-state index is 0.0134. The molecule has 1 unspecified atom stereocenters. The van der Waals surface area contributed by atoms with Gasteiger partial charge in [-0.05, 0) is 46.7 Å². The minimum atomic E-state index is -1.45. The first-order valence-corrected chi connectivity index (χ1v) is 17.9. The predicted molar refractivity (Wildman–Crippen MR) is 197 cm³/mol. The molecule has 0 amide bonds. The smallest absolute Gasteiger partial charge is 0.341 e. The fraction of sp³-hybridized carbons (Fsp3) is 0.459. The summed E-state index contributed by atoms with van der Waals surface area (Å²) in [5.41, 5.74) is 3.31. The highest BCUT2D eigenvalue weighted by Crippen LogP contribution is 2.43. The Labute approximate surface area is 307 Å². The van der Waals surface area contributed by atoms with Gasteiger partial charge in [0.05, 0.1) is 33.5 Å². The van der Waals surface area contributed by atoms with Crippen molar-refractivity contribution in [1.29, 1.82) is 0 Å². The lowest BCUT2D eigenvalue weighted by atomic mass is 10.0. The van der Waals surface area contributed by atoms with E-state index in [1.807, 2.05) is 32.7 Å². The molecule has 3 atom stereocenters. The molecule has 4 aromatic rings. The van der Waals surface area contributed by atoms with Crippen molar-refractivity contribution < 1.29 is 37.7 Å². The second-order valence-corrected chi connectivity index (χ2v) is 14.8. The van der Waals surface area contributed by atoms with Gasteiger partial charge in [0.2, 0.25) is 10.9 Å². The van der Waals surface area contributed by atoms with E-state index in [0.717, 1.165) is 38.2 Å². The first-order chi connectivity index (χ1) is 25.6. The Hall–Kier alpha value is -5.29. The van der Waals surface area contributed by atoms with Gasteiger partial charge < -0.3 is 49.8 Å². The van der Waals surface area contributed by atoms with E-state index in [1.54, 1.807) is 9.47 Å². The molecule has 1 saturated carbocycles. The van der Waals surface area contributed by atoms with Crippen molar-refractivity contribution in [3.8, 4) is 5.75 Å². The second kappa shape index (κ2) is 13.8. The third kappa shape index (κ3) is 6.28. The van der Waals surface area contributed by atoms with E-state index in [-0.39, 0.29) is 52.9 Å². The van der Waals surface area contributed by atoms with E-state index in [1.165, 1.54) is 10.8 Å². The zero-order valence-electron chi connectivity index (χ0n) is 30.3. The number of rotatable bonds is 5. The van der Waals surface area contributed by atoms with Crippen molar-refractivity contribution in [2.24, 2.45) is 0 Å². The highest BCUT2D eigenvalue weighted by molar-refractivity contribution is 6.00. The fourth-order valence-electron chi connectivity index (χ4n) is 7.82. The number of piperazine rings is 2. The first kappa shape index (κ1) is 37.0.